The van der Waals surface area contributed by atoms with Crippen molar-refractivity contribution in [3.8, 4) is 0 Å². The Bertz CT molecular complexity index is 695. The summed E-state index contributed by atoms with van der Waals surface area (Å²) in [5.74, 6) is 6.12. The smallest absolute Gasteiger partial charge is 0.259 e. The quantitative estimate of drug-likeness (QED) is 0.447. The van der Waals surface area contributed by atoms with Gasteiger partial charge in [-0.05, 0) is 30.7 Å². The molecule has 0 atom stereocenters. The lowest BCUT2D eigenvalue weighted by atomic mass is 10.2. The highest BCUT2D eigenvalue weighted by Gasteiger charge is 2.16. The number of nitrogens with two attached hydrogens (primary N) is 1. The normalized spacial score (nSPS) is 11.4. The van der Waals surface area contributed by atoms with Crippen LogP contribution in [0.15, 0.2) is 36.5 Å². The number of hydrogen-bond donors (Lipinski definition) is 1. The monoisotopic (exact) mass is 212 g/mol. The van der Waals surface area contributed by atoms with Gasteiger partial charge in [-0.1, -0.05) is 10.7 Å². The fourth-order valence-corrected chi connectivity index (χ4v) is 2.22. The third-order valence-corrected chi connectivity index (χ3v) is 3.13. The van der Waals surface area contributed by atoms with Gasteiger partial charge in [-0.25, -0.2) is 5.84 Å². The van der Waals surface area contributed by atoms with Crippen molar-refractivity contribution in [2.24, 2.45) is 0 Å². The van der Waals surface area contributed by atoms with E-state index in [2.05, 4.69) is 41.8 Å². The first-order valence-corrected chi connectivity index (χ1v) is 5.35. The summed E-state index contributed by atoms with van der Waals surface area (Å²) in [5, 5.41) is 0. The maximum absolute atomic E-state index is 6.12. The van der Waals surface area contributed by atoms with Gasteiger partial charge in [0, 0.05) is 19.2 Å². The van der Waals surface area contributed by atoms with E-state index in [0.29, 0.717) is 0 Å². The van der Waals surface area contributed by atoms with Crippen molar-refractivity contribution >= 4 is 16.6 Å². The highest BCUT2D eigenvalue weighted by Crippen LogP contribution is 2.17. The zero-order valence-electron chi connectivity index (χ0n) is 9.44. The second kappa shape index (κ2) is 2.98. The predicted octanol–water partition coefficient (Wildman–Crippen LogP) is 1.71. The summed E-state index contributed by atoms with van der Waals surface area (Å²) >= 11 is 0. The lowest BCUT2D eigenvalue weighted by molar-refractivity contribution is -0.617. The van der Waals surface area contributed by atoms with Crippen molar-refractivity contribution in [3.05, 3.63) is 47.8 Å². The molecule has 1 aromatic carbocycles. The van der Waals surface area contributed by atoms with E-state index < -0.39 is 0 Å². The molecule has 3 nitrogen and oxygen atoms in total. The molecule has 0 aliphatic heterocycles. The van der Waals surface area contributed by atoms with Crippen LogP contribution in [0.1, 0.15) is 11.3 Å². The fraction of sp³-hybridized carbons (Fsp3) is 0.154. The maximum atomic E-state index is 6.12. The molecule has 0 unspecified atom stereocenters. The molecule has 0 saturated heterocycles. The summed E-state index contributed by atoms with van der Waals surface area (Å²) in [7, 11) is 0. The van der Waals surface area contributed by atoms with E-state index in [-0.39, 0.29) is 0 Å². The van der Waals surface area contributed by atoms with Crippen molar-refractivity contribution in [1.82, 2.24) is 4.40 Å². The minimum Gasteiger partial charge on any atom is -0.306 e. The third kappa shape index (κ3) is 1.05. The minimum atomic E-state index is 1.06. The highest BCUT2D eigenvalue weighted by molar-refractivity contribution is 5.76. The molecule has 0 fully saturated rings. The highest BCUT2D eigenvalue weighted by atomic mass is 15.3. The molecule has 2 N–H and O–H groups in total. The molecule has 0 saturated carbocycles. The van der Waals surface area contributed by atoms with Gasteiger partial charge in [0.25, 0.3) is 5.52 Å². The summed E-state index contributed by atoms with van der Waals surface area (Å²) in [5.41, 5.74) is 5.64. The first kappa shape index (κ1) is 9.21. The molecule has 2 heterocycles. The average molecular weight is 212 g/mol. The molecule has 80 valence electrons. The van der Waals surface area contributed by atoms with E-state index in [1.54, 1.807) is 4.68 Å². The van der Waals surface area contributed by atoms with Gasteiger partial charge in [-0.2, -0.15) is 0 Å². The largest absolute Gasteiger partial charge is 0.306 e. The van der Waals surface area contributed by atoms with Crippen LogP contribution >= 0.6 is 0 Å². The van der Waals surface area contributed by atoms with E-state index in [9.17, 15) is 0 Å². The number of benzene rings is 1. The number of nitrogens with zero attached hydrogens (tertiary/aromatic N) is 2. The first-order chi connectivity index (χ1) is 7.68. The van der Waals surface area contributed by atoms with Crippen molar-refractivity contribution in [3.63, 3.8) is 0 Å². The van der Waals surface area contributed by atoms with Crippen LogP contribution in [0.2, 0.25) is 0 Å². The molecule has 3 rings (SSSR count). The zero-order chi connectivity index (χ0) is 11.3. The molecular formula is C13H14N3+. The number of nitrogen functional groups attached to an aromatic ring is 1. The topological polar surface area (TPSA) is 34.3 Å². The van der Waals surface area contributed by atoms with Crippen LogP contribution in [-0.2, 0) is 0 Å². The molecule has 3 heteroatoms. The van der Waals surface area contributed by atoms with Crippen LogP contribution in [-0.4, -0.2) is 4.40 Å². The Morgan fingerprint density at radius 3 is 2.75 bits per heavy atom. The number of aryl methyl sites for hydroxylation is 2. The van der Waals surface area contributed by atoms with Gasteiger partial charge >= 0.3 is 0 Å². The Kier molecular flexibility index (Phi) is 1.72. The average Bonchev–Trinajstić information content (AvgIpc) is 2.75. The number of hydrogen-bond acceptors (Lipinski definition) is 1. The number of aromatic nitrogens is 2. The fourth-order valence-electron chi connectivity index (χ4n) is 2.22. The predicted molar refractivity (Wildman–Crippen MR) is 64.7 cm³/mol. The molecule has 16 heavy (non-hydrogen) atoms. The van der Waals surface area contributed by atoms with Gasteiger partial charge in [0.05, 0.1) is 0 Å². The zero-order valence-corrected chi connectivity index (χ0v) is 9.44. The van der Waals surface area contributed by atoms with Crippen molar-refractivity contribution in [1.29, 1.82) is 0 Å². The van der Waals surface area contributed by atoms with E-state index in [4.69, 9.17) is 5.84 Å². The molecule has 0 amide bonds. The van der Waals surface area contributed by atoms with Crippen LogP contribution in [0, 0.1) is 13.8 Å². The lowest BCUT2D eigenvalue weighted by Crippen LogP contribution is -2.48. The summed E-state index contributed by atoms with van der Waals surface area (Å²) in [6, 6.07) is 10.5. The van der Waals surface area contributed by atoms with E-state index in [1.807, 2.05) is 13.0 Å². The van der Waals surface area contributed by atoms with Gasteiger partial charge in [0.2, 0.25) is 5.69 Å². The van der Waals surface area contributed by atoms with Gasteiger partial charge in [0.15, 0.2) is 0 Å². The lowest BCUT2D eigenvalue weighted by Gasteiger charge is -2.04. The summed E-state index contributed by atoms with van der Waals surface area (Å²) in [6.07, 6.45) is 2.07. The number of fused-ring (bicyclic) bond motifs is 3. The second-order valence-electron chi connectivity index (χ2n) is 4.21. The Hall–Kier alpha value is -2.03. The van der Waals surface area contributed by atoms with Crippen molar-refractivity contribution in [2.75, 3.05) is 5.84 Å². The Morgan fingerprint density at radius 1 is 1.12 bits per heavy atom. The van der Waals surface area contributed by atoms with Gasteiger partial charge < -0.3 is 4.40 Å². The molecule has 0 bridgehead atoms. The van der Waals surface area contributed by atoms with Crippen LogP contribution in [0.3, 0.4) is 0 Å². The summed E-state index contributed by atoms with van der Waals surface area (Å²) in [4.78, 5) is 0. The minimum absolute atomic E-state index is 1.06. The first-order valence-electron chi connectivity index (χ1n) is 5.35. The van der Waals surface area contributed by atoms with E-state index >= 15 is 0 Å². The standard InChI is InChI=1S/C13H14N3/c1-9-5-6-12-13(8-9)16(14)10(2)11-4-3-7-15(11)12/h3-8H,14H2,1-2H3/q+1. The summed E-state index contributed by atoms with van der Waals surface area (Å²) < 4.78 is 3.94. The Morgan fingerprint density at radius 2 is 1.94 bits per heavy atom. The summed E-state index contributed by atoms with van der Waals surface area (Å²) in [6.45, 7) is 4.12. The molecule has 0 spiro atoms. The SMILES string of the molecule is Cc1ccc2c(c1)[n+](N)c(C)c1cccn12. The van der Waals surface area contributed by atoms with Gasteiger partial charge in [0.1, 0.15) is 11.0 Å². The third-order valence-electron chi connectivity index (χ3n) is 3.13. The molecule has 0 aliphatic rings. The van der Waals surface area contributed by atoms with Gasteiger partial charge in [-0.15, -0.1) is 0 Å². The number of rotatable bonds is 0. The molecule has 0 radical (unpaired) electrons. The maximum Gasteiger partial charge on any atom is 0.259 e. The molecular weight excluding hydrogens is 198 g/mol. The van der Waals surface area contributed by atoms with Crippen LogP contribution < -0.4 is 10.5 Å². The molecule has 3 aromatic rings. The van der Waals surface area contributed by atoms with Crippen LogP contribution in [0.5, 0.6) is 0 Å². The van der Waals surface area contributed by atoms with Crippen LogP contribution in [0.4, 0.5) is 0 Å². The molecule has 2 aromatic heterocycles. The van der Waals surface area contributed by atoms with Crippen molar-refractivity contribution in [2.45, 2.75) is 13.8 Å². The van der Waals surface area contributed by atoms with Crippen LogP contribution in [0.25, 0.3) is 16.6 Å². The Balaban J connectivity index is 2.65. The van der Waals surface area contributed by atoms with E-state index in [1.165, 1.54) is 5.56 Å². The second-order valence-corrected chi connectivity index (χ2v) is 4.21. The van der Waals surface area contributed by atoms with Gasteiger partial charge in [-0.3, -0.25) is 0 Å². The van der Waals surface area contributed by atoms with Crippen molar-refractivity contribution < 1.29 is 4.68 Å². The Labute approximate surface area is 93.7 Å². The van der Waals surface area contributed by atoms with E-state index in [0.717, 1.165) is 22.2 Å². The molecule has 0 aliphatic carbocycles.